The molecule has 3 aromatic rings. The molecule has 2 fully saturated rings. The van der Waals surface area contributed by atoms with Gasteiger partial charge in [0.05, 0.1) is 30.2 Å². The number of aromatic amines is 1. The van der Waals surface area contributed by atoms with Crippen LogP contribution in [0.25, 0.3) is 10.9 Å². The summed E-state index contributed by atoms with van der Waals surface area (Å²) < 4.78 is 38.0. The average Bonchev–Trinajstić information content (AvgIpc) is 3.59. The number of alkyl halides is 2. The van der Waals surface area contributed by atoms with E-state index in [1.807, 2.05) is 18.2 Å². The van der Waals surface area contributed by atoms with E-state index < -0.39 is 29.8 Å². The number of carbonyl (C=O) groups is 3. The van der Waals surface area contributed by atoms with Gasteiger partial charge in [-0.3, -0.25) is 29.7 Å². The molecule has 5 heterocycles. The number of nitrogens with zero attached hydrogens (tertiary/aromatic N) is 3. The van der Waals surface area contributed by atoms with Crippen molar-refractivity contribution in [1.82, 2.24) is 25.3 Å². The second kappa shape index (κ2) is 8.07. The molecule has 196 valence electrons. The van der Waals surface area contributed by atoms with Crippen LogP contribution in [0.3, 0.4) is 0 Å². The Morgan fingerprint density at radius 3 is 2.84 bits per heavy atom. The van der Waals surface area contributed by atoms with E-state index in [0.29, 0.717) is 35.5 Å². The highest BCUT2D eigenvalue weighted by Crippen LogP contribution is 2.55. The lowest BCUT2D eigenvalue weighted by Gasteiger charge is -2.44. The van der Waals surface area contributed by atoms with Crippen LogP contribution < -0.4 is 10.1 Å². The first-order valence-electron chi connectivity index (χ1n) is 12.7. The summed E-state index contributed by atoms with van der Waals surface area (Å²) in [5.41, 5.74) is 1.61. The zero-order valence-electron chi connectivity index (χ0n) is 20.4. The molecule has 3 amide bonds. The van der Waals surface area contributed by atoms with Gasteiger partial charge in [0.25, 0.3) is 11.8 Å². The molecule has 9 nitrogen and oxygen atoms in total. The Hall–Kier alpha value is -3.86. The van der Waals surface area contributed by atoms with E-state index >= 15 is 8.78 Å². The van der Waals surface area contributed by atoms with Gasteiger partial charge in [-0.15, -0.1) is 0 Å². The molecule has 1 unspecified atom stereocenters. The highest BCUT2D eigenvalue weighted by Gasteiger charge is 2.62. The van der Waals surface area contributed by atoms with Crippen molar-refractivity contribution in [2.45, 2.75) is 49.7 Å². The van der Waals surface area contributed by atoms with E-state index in [1.54, 1.807) is 23.2 Å². The van der Waals surface area contributed by atoms with Crippen LogP contribution in [-0.4, -0.2) is 69.4 Å². The normalized spacial score (nSPS) is 26.5. The van der Waals surface area contributed by atoms with Crippen molar-refractivity contribution in [3.8, 4) is 5.75 Å². The SMILES string of the molecule is O=C1CC[C@H](N2Cc3c(ccc4c3OCC43CCN(Cc4cccc5cn[nH]c45)CC3(F)F)C2=O)C(=O)N1. The Morgan fingerprint density at radius 2 is 2.03 bits per heavy atom. The number of likely N-dealkylation sites (tertiary alicyclic amines) is 1. The third-order valence-electron chi connectivity index (χ3n) is 8.58. The quantitative estimate of drug-likeness (QED) is 0.513. The topological polar surface area (TPSA) is 108 Å². The van der Waals surface area contributed by atoms with Gasteiger partial charge in [-0.25, -0.2) is 8.78 Å². The number of aromatic nitrogens is 2. The van der Waals surface area contributed by atoms with E-state index in [9.17, 15) is 14.4 Å². The number of hydrogen-bond acceptors (Lipinski definition) is 6. The van der Waals surface area contributed by atoms with Gasteiger partial charge in [0.1, 0.15) is 18.4 Å². The number of rotatable bonds is 3. The molecule has 1 aromatic heterocycles. The predicted octanol–water partition coefficient (Wildman–Crippen LogP) is 2.50. The fourth-order valence-corrected chi connectivity index (χ4v) is 6.52. The number of fused-ring (bicyclic) bond motifs is 5. The van der Waals surface area contributed by atoms with Crippen LogP contribution in [0.4, 0.5) is 8.78 Å². The Bertz CT molecular complexity index is 1520. The minimum absolute atomic E-state index is 0.0889. The Labute approximate surface area is 216 Å². The van der Waals surface area contributed by atoms with E-state index in [0.717, 1.165) is 16.5 Å². The maximum absolute atomic E-state index is 16.0. The van der Waals surface area contributed by atoms with Crippen molar-refractivity contribution in [3.63, 3.8) is 0 Å². The van der Waals surface area contributed by atoms with Gasteiger partial charge in [0.15, 0.2) is 0 Å². The van der Waals surface area contributed by atoms with Crippen LogP contribution in [0.2, 0.25) is 0 Å². The fourth-order valence-electron chi connectivity index (χ4n) is 6.52. The van der Waals surface area contributed by atoms with Gasteiger partial charge in [0, 0.05) is 35.0 Å². The summed E-state index contributed by atoms with van der Waals surface area (Å²) in [5, 5.41) is 10.3. The zero-order chi connectivity index (χ0) is 26.2. The summed E-state index contributed by atoms with van der Waals surface area (Å²) >= 11 is 0. The number of halogens is 2. The van der Waals surface area contributed by atoms with E-state index in [2.05, 4.69) is 15.5 Å². The molecular weight excluding hydrogens is 496 g/mol. The number of H-pyrrole nitrogens is 1. The lowest BCUT2D eigenvalue weighted by Crippen LogP contribution is -2.58. The van der Waals surface area contributed by atoms with Gasteiger partial charge < -0.3 is 9.64 Å². The summed E-state index contributed by atoms with van der Waals surface area (Å²) in [7, 11) is 0. The zero-order valence-corrected chi connectivity index (χ0v) is 20.4. The predicted molar refractivity (Wildman–Crippen MR) is 131 cm³/mol. The second-order valence-corrected chi connectivity index (χ2v) is 10.7. The largest absolute Gasteiger partial charge is 0.492 e. The third-order valence-corrected chi connectivity index (χ3v) is 8.58. The minimum Gasteiger partial charge on any atom is -0.492 e. The average molecular weight is 522 g/mol. The molecule has 0 aliphatic carbocycles. The van der Waals surface area contributed by atoms with Crippen molar-refractivity contribution in [1.29, 1.82) is 0 Å². The van der Waals surface area contributed by atoms with Crippen LogP contribution >= 0.6 is 0 Å². The van der Waals surface area contributed by atoms with Crippen LogP contribution in [0.1, 0.15) is 46.3 Å². The standard InChI is InChI=1S/C27H25F2N5O4/c28-27(29)13-33(11-16-3-1-2-15-10-30-32-22(15)16)9-8-26(27)14-38-23-18-12-34(20-6-7-21(35)31-24(20)36)25(37)17(18)4-5-19(23)26/h1-5,10,20H,6-9,11-14H2,(H,30,32)(H,31,35,36)/t20-,26?/m0/s1. The Balaban J connectivity index is 1.15. The van der Waals surface area contributed by atoms with Gasteiger partial charge in [0.2, 0.25) is 11.8 Å². The van der Waals surface area contributed by atoms with Crippen molar-refractivity contribution >= 4 is 28.6 Å². The number of hydrogen-bond donors (Lipinski definition) is 2. The smallest absolute Gasteiger partial charge is 0.273 e. The number of ether oxygens (including phenoxy) is 1. The molecular formula is C27H25F2N5O4. The highest BCUT2D eigenvalue weighted by atomic mass is 19.3. The molecule has 11 heteroatoms. The Morgan fingerprint density at radius 1 is 1.16 bits per heavy atom. The van der Waals surface area contributed by atoms with Gasteiger partial charge in [-0.05, 0) is 31.0 Å². The molecule has 2 saturated heterocycles. The third kappa shape index (κ3) is 3.24. The van der Waals surface area contributed by atoms with Crippen molar-refractivity contribution in [3.05, 3.63) is 58.8 Å². The van der Waals surface area contributed by atoms with Crippen molar-refractivity contribution < 1.29 is 27.9 Å². The monoisotopic (exact) mass is 521 g/mol. The molecule has 7 rings (SSSR count). The molecule has 4 aliphatic rings. The lowest BCUT2D eigenvalue weighted by atomic mass is 9.71. The molecule has 0 radical (unpaired) electrons. The summed E-state index contributed by atoms with van der Waals surface area (Å²) in [5.74, 6) is -3.96. The number of piperidine rings is 2. The first-order chi connectivity index (χ1) is 18.3. The summed E-state index contributed by atoms with van der Waals surface area (Å²) in [6, 6.07) is 8.16. The number of benzene rings is 2. The van der Waals surface area contributed by atoms with Gasteiger partial charge in [-0.2, -0.15) is 5.10 Å². The highest BCUT2D eigenvalue weighted by molar-refractivity contribution is 6.05. The fraction of sp³-hybridized carbons (Fsp3) is 0.407. The lowest BCUT2D eigenvalue weighted by molar-refractivity contribution is -0.137. The van der Waals surface area contributed by atoms with Crippen LogP contribution in [0.15, 0.2) is 36.5 Å². The number of amides is 3. The molecule has 2 aromatic carbocycles. The number of imide groups is 1. The van der Waals surface area contributed by atoms with E-state index in [-0.39, 0.29) is 44.2 Å². The number of para-hydroxylation sites is 1. The molecule has 38 heavy (non-hydrogen) atoms. The maximum atomic E-state index is 16.0. The van der Waals surface area contributed by atoms with Crippen LogP contribution in [0, 0.1) is 0 Å². The molecule has 1 spiro atoms. The van der Waals surface area contributed by atoms with Gasteiger partial charge >= 0.3 is 0 Å². The van der Waals surface area contributed by atoms with Crippen molar-refractivity contribution in [2.24, 2.45) is 0 Å². The first-order valence-corrected chi connectivity index (χ1v) is 12.7. The molecule has 0 bridgehead atoms. The molecule has 4 aliphatic heterocycles. The summed E-state index contributed by atoms with van der Waals surface area (Å²) in [6.07, 6.45) is 2.30. The van der Waals surface area contributed by atoms with E-state index in [1.165, 1.54) is 4.90 Å². The first kappa shape index (κ1) is 23.3. The number of nitrogens with one attached hydrogen (secondary N) is 2. The van der Waals surface area contributed by atoms with Crippen molar-refractivity contribution in [2.75, 3.05) is 19.7 Å². The minimum atomic E-state index is -3.07. The van der Waals surface area contributed by atoms with Gasteiger partial charge in [-0.1, -0.05) is 24.3 Å². The molecule has 2 N–H and O–H groups in total. The second-order valence-electron chi connectivity index (χ2n) is 10.7. The Kier molecular flexibility index (Phi) is 4.94. The molecule has 0 saturated carbocycles. The van der Waals surface area contributed by atoms with Crippen LogP contribution in [0.5, 0.6) is 5.75 Å². The summed E-state index contributed by atoms with van der Waals surface area (Å²) in [4.78, 5) is 40.3. The summed E-state index contributed by atoms with van der Waals surface area (Å²) in [6.45, 7) is 0.340. The van der Waals surface area contributed by atoms with E-state index in [4.69, 9.17) is 4.74 Å². The molecule has 2 atom stereocenters. The number of carbonyl (C=O) groups excluding carboxylic acids is 3. The maximum Gasteiger partial charge on any atom is 0.273 e. The van der Waals surface area contributed by atoms with Crippen LogP contribution in [-0.2, 0) is 28.1 Å².